The van der Waals surface area contributed by atoms with Gasteiger partial charge in [-0.3, -0.25) is 4.68 Å². The maximum Gasteiger partial charge on any atom is 0.162 e. The van der Waals surface area contributed by atoms with Gasteiger partial charge in [-0.05, 0) is 26.2 Å². The predicted octanol–water partition coefficient (Wildman–Crippen LogP) is 1.28. The monoisotopic (exact) mass is 196 g/mol. The van der Waals surface area contributed by atoms with Crippen LogP contribution in [-0.4, -0.2) is 22.0 Å². The summed E-state index contributed by atoms with van der Waals surface area (Å²) in [6.07, 6.45) is 4.38. The molecule has 1 fully saturated rings. The molecule has 0 saturated heterocycles. The lowest BCUT2D eigenvalue weighted by molar-refractivity contribution is -0.0479. The molecular weight excluding hydrogens is 180 g/mol. The lowest BCUT2D eigenvalue weighted by Gasteiger charge is -2.37. The molecule has 14 heavy (non-hydrogen) atoms. The number of ether oxygens (including phenoxy) is 1. The lowest BCUT2D eigenvalue weighted by Crippen LogP contribution is -2.36. The topological polar surface area (TPSA) is 47.3 Å². The van der Waals surface area contributed by atoms with Crippen LogP contribution in [0.25, 0.3) is 0 Å². The van der Waals surface area contributed by atoms with Crippen LogP contribution in [0.4, 0.5) is 0 Å². The first-order chi connectivity index (χ1) is 6.71. The zero-order valence-corrected chi connectivity index (χ0v) is 8.66. The fourth-order valence-corrected chi connectivity index (χ4v) is 1.98. The molecule has 4 nitrogen and oxygen atoms in total. The molecule has 1 aliphatic carbocycles. The van der Waals surface area contributed by atoms with Crippen LogP contribution in [-0.2, 0) is 12.1 Å². The minimum Gasteiger partial charge on any atom is -0.493 e. The summed E-state index contributed by atoms with van der Waals surface area (Å²) < 4.78 is 7.02. The summed E-state index contributed by atoms with van der Waals surface area (Å²) in [5.74, 6) is 0.703. The van der Waals surface area contributed by atoms with E-state index in [0.29, 0.717) is 5.75 Å². The van der Waals surface area contributed by atoms with Crippen molar-refractivity contribution in [1.82, 2.24) is 9.78 Å². The molecule has 78 valence electrons. The zero-order valence-electron chi connectivity index (χ0n) is 8.66. The Bertz CT molecular complexity index is 307. The van der Waals surface area contributed by atoms with E-state index in [1.165, 1.54) is 0 Å². The van der Waals surface area contributed by atoms with Crippen LogP contribution in [0.2, 0.25) is 0 Å². The Morgan fingerprint density at radius 1 is 1.64 bits per heavy atom. The number of rotatable bonds is 3. The van der Waals surface area contributed by atoms with Gasteiger partial charge in [-0.1, -0.05) is 0 Å². The Labute approximate surface area is 83.5 Å². The molecule has 1 aromatic rings. The smallest absolute Gasteiger partial charge is 0.162 e. The van der Waals surface area contributed by atoms with Crippen molar-refractivity contribution < 1.29 is 9.84 Å². The molecule has 0 unspecified atom stereocenters. The second kappa shape index (κ2) is 3.28. The number of methoxy groups -OCH3 is 1. The lowest BCUT2D eigenvalue weighted by atomic mass is 9.77. The summed E-state index contributed by atoms with van der Waals surface area (Å²) in [6, 6.07) is 0. The fraction of sp³-hybridized carbons (Fsp3) is 0.700. The van der Waals surface area contributed by atoms with Gasteiger partial charge in [0, 0.05) is 6.54 Å². The standard InChI is InChI=1S/C10H16N2O2/c1-3-12-9(8(14-2)7-11-12)10(13)5-4-6-10/h7,13H,3-6H2,1-2H3. The molecule has 1 heterocycles. The fourth-order valence-electron chi connectivity index (χ4n) is 1.98. The van der Waals surface area contributed by atoms with Crippen molar-refractivity contribution in [2.75, 3.05) is 7.11 Å². The van der Waals surface area contributed by atoms with Crippen molar-refractivity contribution in [3.8, 4) is 5.75 Å². The van der Waals surface area contributed by atoms with Crippen LogP contribution in [0, 0.1) is 0 Å². The first kappa shape index (κ1) is 9.52. The molecule has 1 N–H and O–H groups in total. The van der Waals surface area contributed by atoms with Gasteiger partial charge in [0.25, 0.3) is 0 Å². The number of aryl methyl sites for hydroxylation is 1. The van der Waals surface area contributed by atoms with E-state index in [4.69, 9.17) is 4.74 Å². The number of hydrogen-bond acceptors (Lipinski definition) is 3. The SMILES string of the molecule is CCn1ncc(OC)c1C1(O)CCC1. The van der Waals surface area contributed by atoms with E-state index in [0.717, 1.165) is 31.5 Å². The van der Waals surface area contributed by atoms with Gasteiger partial charge in [0.2, 0.25) is 0 Å². The highest BCUT2D eigenvalue weighted by atomic mass is 16.5. The minimum atomic E-state index is -0.697. The maximum absolute atomic E-state index is 10.3. The van der Waals surface area contributed by atoms with Crippen molar-refractivity contribution in [2.45, 2.75) is 38.3 Å². The summed E-state index contributed by atoms with van der Waals surface area (Å²) in [4.78, 5) is 0. The molecule has 0 atom stereocenters. The van der Waals surface area contributed by atoms with Crippen molar-refractivity contribution in [2.24, 2.45) is 0 Å². The predicted molar refractivity (Wildman–Crippen MR) is 52.2 cm³/mol. The summed E-state index contributed by atoms with van der Waals surface area (Å²) in [7, 11) is 1.61. The van der Waals surface area contributed by atoms with E-state index in [1.54, 1.807) is 13.3 Å². The van der Waals surface area contributed by atoms with Gasteiger partial charge in [-0.25, -0.2) is 0 Å². The van der Waals surface area contributed by atoms with Gasteiger partial charge in [0.05, 0.1) is 13.3 Å². The molecule has 1 aliphatic rings. The van der Waals surface area contributed by atoms with Crippen molar-refractivity contribution in [3.05, 3.63) is 11.9 Å². The Balaban J connectivity index is 2.42. The molecular formula is C10H16N2O2. The molecule has 0 aliphatic heterocycles. The van der Waals surface area contributed by atoms with Crippen LogP contribution in [0.3, 0.4) is 0 Å². The molecule has 4 heteroatoms. The van der Waals surface area contributed by atoms with Crippen molar-refractivity contribution >= 4 is 0 Å². The third kappa shape index (κ3) is 1.21. The molecule has 1 aromatic heterocycles. The number of aromatic nitrogens is 2. The largest absolute Gasteiger partial charge is 0.493 e. The quantitative estimate of drug-likeness (QED) is 0.792. The van der Waals surface area contributed by atoms with E-state index in [1.807, 2.05) is 11.6 Å². The van der Waals surface area contributed by atoms with Gasteiger partial charge < -0.3 is 9.84 Å². The van der Waals surface area contributed by atoms with E-state index >= 15 is 0 Å². The highest BCUT2D eigenvalue weighted by Crippen LogP contribution is 2.44. The third-order valence-corrected chi connectivity index (χ3v) is 2.95. The molecule has 0 aromatic carbocycles. The second-order valence-corrected chi connectivity index (χ2v) is 3.76. The Hall–Kier alpha value is -1.03. The average Bonchev–Trinajstić information content (AvgIpc) is 2.57. The van der Waals surface area contributed by atoms with Gasteiger partial charge in [0.15, 0.2) is 5.75 Å². The van der Waals surface area contributed by atoms with Crippen LogP contribution in [0.1, 0.15) is 31.9 Å². The Morgan fingerprint density at radius 2 is 2.36 bits per heavy atom. The molecule has 1 saturated carbocycles. The van der Waals surface area contributed by atoms with E-state index in [-0.39, 0.29) is 0 Å². The van der Waals surface area contributed by atoms with Gasteiger partial charge >= 0.3 is 0 Å². The molecule has 0 amide bonds. The first-order valence-corrected chi connectivity index (χ1v) is 5.04. The van der Waals surface area contributed by atoms with E-state index in [2.05, 4.69) is 5.10 Å². The van der Waals surface area contributed by atoms with E-state index in [9.17, 15) is 5.11 Å². The number of nitrogens with zero attached hydrogens (tertiary/aromatic N) is 2. The van der Waals surface area contributed by atoms with Crippen LogP contribution >= 0.6 is 0 Å². The third-order valence-electron chi connectivity index (χ3n) is 2.95. The van der Waals surface area contributed by atoms with Crippen molar-refractivity contribution in [3.63, 3.8) is 0 Å². The summed E-state index contributed by atoms with van der Waals surface area (Å²) >= 11 is 0. The first-order valence-electron chi connectivity index (χ1n) is 5.04. The average molecular weight is 196 g/mol. The Morgan fingerprint density at radius 3 is 2.79 bits per heavy atom. The van der Waals surface area contributed by atoms with Crippen LogP contribution in [0.5, 0.6) is 5.75 Å². The van der Waals surface area contributed by atoms with Crippen LogP contribution in [0.15, 0.2) is 6.20 Å². The highest BCUT2D eigenvalue weighted by Gasteiger charge is 2.41. The van der Waals surface area contributed by atoms with Crippen LogP contribution < -0.4 is 4.74 Å². The summed E-state index contributed by atoms with van der Waals surface area (Å²) in [6.45, 7) is 2.78. The maximum atomic E-state index is 10.3. The summed E-state index contributed by atoms with van der Waals surface area (Å²) in [5, 5.41) is 14.4. The summed E-state index contributed by atoms with van der Waals surface area (Å²) in [5.41, 5.74) is 0.145. The van der Waals surface area contributed by atoms with Gasteiger partial charge in [-0.15, -0.1) is 0 Å². The van der Waals surface area contributed by atoms with Gasteiger partial charge in [0.1, 0.15) is 11.3 Å². The highest BCUT2D eigenvalue weighted by molar-refractivity contribution is 5.32. The number of aliphatic hydroxyl groups is 1. The minimum absolute atomic E-state index is 0.697. The molecule has 0 spiro atoms. The Kier molecular flexibility index (Phi) is 2.23. The molecule has 0 bridgehead atoms. The zero-order chi connectivity index (χ0) is 10.2. The number of hydrogen-bond donors (Lipinski definition) is 1. The normalized spacial score (nSPS) is 19.1. The second-order valence-electron chi connectivity index (χ2n) is 3.76. The molecule has 2 rings (SSSR count). The molecule has 0 radical (unpaired) electrons. The van der Waals surface area contributed by atoms with E-state index < -0.39 is 5.60 Å². The van der Waals surface area contributed by atoms with Gasteiger partial charge in [-0.2, -0.15) is 5.10 Å². The van der Waals surface area contributed by atoms with Crippen molar-refractivity contribution in [1.29, 1.82) is 0 Å².